The van der Waals surface area contributed by atoms with Crippen molar-refractivity contribution in [1.82, 2.24) is 9.88 Å². The SMILES string of the molecule is CN(CCC(N)C(C)(C)C)Cc1cccnc1. The second-order valence-electron chi connectivity index (χ2n) is 5.86. The van der Waals surface area contributed by atoms with Gasteiger partial charge in [0.05, 0.1) is 0 Å². The molecule has 0 radical (unpaired) electrons. The Kier molecular flexibility index (Phi) is 5.09. The summed E-state index contributed by atoms with van der Waals surface area (Å²) in [5.41, 5.74) is 7.59. The highest BCUT2D eigenvalue weighted by Gasteiger charge is 2.20. The molecule has 0 aliphatic rings. The van der Waals surface area contributed by atoms with Crippen LogP contribution in [0.2, 0.25) is 0 Å². The van der Waals surface area contributed by atoms with E-state index in [2.05, 4.69) is 43.8 Å². The fourth-order valence-electron chi connectivity index (χ4n) is 1.67. The first-order valence-corrected chi connectivity index (χ1v) is 6.22. The second kappa shape index (κ2) is 6.12. The molecule has 1 aromatic heterocycles. The Morgan fingerprint density at radius 2 is 2.12 bits per heavy atom. The summed E-state index contributed by atoms with van der Waals surface area (Å²) in [6.07, 6.45) is 4.75. The molecule has 0 amide bonds. The molecule has 1 heterocycles. The highest BCUT2D eigenvalue weighted by molar-refractivity contribution is 5.07. The smallest absolute Gasteiger partial charge is 0.0312 e. The van der Waals surface area contributed by atoms with E-state index in [9.17, 15) is 0 Å². The molecule has 1 atom stereocenters. The monoisotopic (exact) mass is 235 g/mol. The average Bonchev–Trinajstić information content (AvgIpc) is 2.26. The molecule has 17 heavy (non-hydrogen) atoms. The zero-order valence-electron chi connectivity index (χ0n) is 11.5. The van der Waals surface area contributed by atoms with E-state index < -0.39 is 0 Å². The molecule has 2 N–H and O–H groups in total. The van der Waals surface area contributed by atoms with E-state index >= 15 is 0 Å². The zero-order valence-corrected chi connectivity index (χ0v) is 11.5. The molecule has 0 aliphatic carbocycles. The number of pyridine rings is 1. The van der Waals surface area contributed by atoms with Gasteiger partial charge in [0.2, 0.25) is 0 Å². The van der Waals surface area contributed by atoms with Crippen molar-refractivity contribution in [2.75, 3.05) is 13.6 Å². The maximum absolute atomic E-state index is 6.15. The lowest BCUT2D eigenvalue weighted by Gasteiger charge is -2.28. The molecule has 0 spiro atoms. The highest BCUT2D eigenvalue weighted by Crippen LogP contribution is 2.19. The minimum Gasteiger partial charge on any atom is -0.327 e. The van der Waals surface area contributed by atoms with E-state index in [4.69, 9.17) is 5.73 Å². The maximum atomic E-state index is 6.15. The minimum absolute atomic E-state index is 0.190. The lowest BCUT2D eigenvalue weighted by Crippen LogP contribution is -2.37. The van der Waals surface area contributed by atoms with Crippen molar-refractivity contribution in [3.05, 3.63) is 30.1 Å². The second-order valence-corrected chi connectivity index (χ2v) is 5.86. The lowest BCUT2D eigenvalue weighted by atomic mass is 9.85. The largest absolute Gasteiger partial charge is 0.327 e. The summed E-state index contributed by atoms with van der Waals surface area (Å²) >= 11 is 0. The van der Waals surface area contributed by atoms with Crippen LogP contribution in [0.15, 0.2) is 24.5 Å². The zero-order chi connectivity index (χ0) is 12.9. The van der Waals surface area contributed by atoms with Crippen LogP contribution in [0.5, 0.6) is 0 Å². The van der Waals surface area contributed by atoms with Gasteiger partial charge in [-0.2, -0.15) is 0 Å². The number of nitrogens with zero attached hydrogens (tertiary/aromatic N) is 2. The van der Waals surface area contributed by atoms with Crippen LogP contribution in [0.4, 0.5) is 0 Å². The van der Waals surface area contributed by atoms with Crippen LogP contribution in [0.1, 0.15) is 32.8 Å². The molecule has 0 fully saturated rings. The Bertz CT molecular complexity index is 316. The number of rotatable bonds is 5. The van der Waals surface area contributed by atoms with E-state index in [1.807, 2.05) is 12.3 Å². The van der Waals surface area contributed by atoms with Gasteiger partial charge in [-0.3, -0.25) is 4.98 Å². The van der Waals surface area contributed by atoms with Gasteiger partial charge in [-0.15, -0.1) is 0 Å². The van der Waals surface area contributed by atoms with Crippen molar-refractivity contribution in [2.45, 2.75) is 39.8 Å². The van der Waals surface area contributed by atoms with Crippen molar-refractivity contribution in [2.24, 2.45) is 11.1 Å². The van der Waals surface area contributed by atoms with Crippen LogP contribution in [-0.4, -0.2) is 29.5 Å². The summed E-state index contributed by atoms with van der Waals surface area (Å²) in [6.45, 7) is 8.54. The standard InChI is InChI=1S/C14H25N3/c1-14(2,3)13(15)7-9-17(4)11-12-6-5-8-16-10-12/h5-6,8,10,13H,7,9,11,15H2,1-4H3. The summed E-state index contributed by atoms with van der Waals surface area (Å²) in [7, 11) is 2.13. The third-order valence-electron chi connectivity index (χ3n) is 3.11. The van der Waals surface area contributed by atoms with Gasteiger partial charge in [-0.25, -0.2) is 0 Å². The van der Waals surface area contributed by atoms with Crippen molar-refractivity contribution in [1.29, 1.82) is 0 Å². The van der Waals surface area contributed by atoms with Gasteiger partial charge < -0.3 is 10.6 Å². The first kappa shape index (κ1) is 14.1. The number of aromatic nitrogens is 1. The summed E-state index contributed by atoms with van der Waals surface area (Å²) in [5.74, 6) is 0. The Morgan fingerprint density at radius 1 is 1.41 bits per heavy atom. The van der Waals surface area contributed by atoms with Crippen LogP contribution in [-0.2, 0) is 6.54 Å². The van der Waals surface area contributed by atoms with Gasteiger partial charge in [-0.05, 0) is 37.1 Å². The molecule has 0 bridgehead atoms. The van der Waals surface area contributed by atoms with Gasteiger partial charge in [0.15, 0.2) is 0 Å². The summed E-state index contributed by atoms with van der Waals surface area (Å²) < 4.78 is 0. The first-order chi connectivity index (χ1) is 7.89. The average molecular weight is 235 g/mol. The Labute approximate surface area is 105 Å². The fraction of sp³-hybridized carbons (Fsp3) is 0.643. The molecule has 96 valence electrons. The Hall–Kier alpha value is -0.930. The number of nitrogens with two attached hydrogens (primary N) is 1. The van der Waals surface area contributed by atoms with E-state index in [1.165, 1.54) is 5.56 Å². The molecule has 1 unspecified atom stereocenters. The summed E-state index contributed by atoms with van der Waals surface area (Å²) in [5, 5.41) is 0. The van der Waals surface area contributed by atoms with Crippen molar-refractivity contribution in [3.63, 3.8) is 0 Å². The molecule has 0 aromatic carbocycles. The minimum atomic E-state index is 0.190. The van der Waals surface area contributed by atoms with Gasteiger partial charge in [0.1, 0.15) is 0 Å². The molecule has 1 rings (SSSR count). The molecule has 0 saturated carbocycles. The van der Waals surface area contributed by atoms with Gasteiger partial charge in [0.25, 0.3) is 0 Å². The third-order valence-corrected chi connectivity index (χ3v) is 3.11. The predicted molar refractivity (Wildman–Crippen MR) is 72.6 cm³/mol. The van der Waals surface area contributed by atoms with Crippen molar-refractivity contribution >= 4 is 0 Å². The molecular weight excluding hydrogens is 210 g/mol. The normalized spacial score (nSPS) is 14.0. The topological polar surface area (TPSA) is 42.1 Å². The highest BCUT2D eigenvalue weighted by atomic mass is 15.1. The van der Waals surface area contributed by atoms with Crippen molar-refractivity contribution in [3.8, 4) is 0 Å². The number of hydrogen-bond donors (Lipinski definition) is 1. The predicted octanol–water partition coefficient (Wildman–Crippen LogP) is 2.28. The fourth-order valence-corrected chi connectivity index (χ4v) is 1.67. The van der Waals surface area contributed by atoms with Gasteiger partial charge in [-0.1, -0.05) is 26.8 Å². The Balaban J connectivity index is 2.33. The quantitative estimate of drug-likeness (QED) is 0.851. The van der Waals surface area contributed by atoms with Crippen LogP contribution in [0.25, 0.3) is 0 Å². The van der Waals surface area contributed by atoms with Crippen LogP contribution in [0, 0.1) is 5.41 Å². The number of hydrogen-bond acceptors (Lipinski definition) is 3. The maximum Gasteiger partial charge on any atom is 0.0312 e. The Morgan fingerprint density at radius 3 is 2.65 bits per heavy atom. The first-order valence-electron chi connectivity index (χ1n) is 6.22. The molecule has 3 heteroatoms. The van der Waals surface area contributed by atoms with E-state index in [0.717, 1.165) is 19.5 Å². The van der Waals surface area contributed by atoms with Crippen LogP contribution < -0.4 is 5.73 Å². The van der Waals surface area contributed by atoms with Crippen LogP contribution >= 0.6 is 0 Å². The van der Waals surface area contributed by atoms with Crippen LogP contribution in [0.3, 0.4) is 0 Å². The molecule has 0 saturated heterocycles. The van der Waals surface area contributed by atoms with Gasteiger partial charge >= 0.3 is 0 Å². The van der Waals surface area contributed by atoms with Gasteiger partial charge in [0, 0.05) is 25.0 Å². The lowest BCUT2D eigenvalue weighted by molar-refractivity contribution is 0.251. The summed E-state index contributed by atoms with van der Waals surface area (Å²) in [4.78, 5) is 6.42. The van der Waals surface area contributed by atoms with Crippen molar-refractivity contribution < 1.29 is 0 Å². The van der Waals surface area contributed by atoms with E-state index in [-0.39, 0.29) is 11.5 Å². The molecule has 1 aromatic rings. The molecule has 3 nitrogen and oxygen atoms in total. The summed E-state index contributed by atoms with van der Waals surface area (Å²) in [6, 6.07) is 4.33. The molecule has 0 aliphatic heterocycles. The van der Waals surface area contributed by atoms with E-state index in [0.29, 0.717) is 0 Å². The molecular formula is C14H25N3. The van der Waals surface area contributed by atoms with E-state index in [1.54, 1.807) is 6.20 Å². The third kappa shape index (κ3) is 5.29.